The van der Waals surface area contributed by atoms with Crippen molar-refractivity contribution in [2.45, 2.75) is 20.8 Å². The molecule has 0 radical (unpaired) electrons. The third-order valence-electron chi connectivity index (χ3n) is 1.71. The third-order valence-corrected chi connectivity index (χ3v) is 2.20. The van der Waals surface area contributed by atoms with Gasteiger partial charge >= 0.3 is 0 Å². The molecule has 0 aliphatic heterocycles. The molecule has 0 fully saturated rings. The maximum atomic E-state index is 5.63. The Morgan fingerprint density at radius 3 is 2.62 bits per heavy atom. The van der Waals surface area contributed by atoms with Gasteiger partial charge in [0.05, 0.1) is 6.61 Å². The van der Waals surface area contributed by atoms with Crippen LogP contribution in [0.4, 0.5) is 0 Å². The highest BCUT2D eigenvalue weighted by Gasteiger charge is 2.00. The maximum Gasteiger partial charge on any atom is 0.122 e. The zero-order chi connectivity index (χ0) is 9.84. The summed E-state index contributed by atoms with van der Waals surface area (Å²) in [4.78, 5) is 0. The SMILES string of the molecule is Cc1cc(Br)ccc1OCC(C)C. The van der Waals surface area contributed by atoms with Gasteiger partial charge < -0.3 is 4.74 Å². The first-order valence-corrected chi connectivity index (χ1v) is 5.28. The van der Waals surface area contributed by atoms with E-state index in [1.165, 1.54) is 5.56 Å². The summed E-state index contributed by atoms with van der Waals surface area (Å²) in [5.41, 5.74) is 1.18. The Hall–Kier alpha value is -0.500. The van der Waals surface area contributed by atoms with E-state index >= 15 is 0 Å². The number of aryl methyl sites for hydroxylation is 1. The van der Waals surface area contributed by atoms with Crippen LogP contribution in [0, 0.1) is 12.8 Å². The second kappa shape index (κ2) is 4.66. The monoisotopic (exact) mass is 242 g/mol. The van der Waals surface area contributed by atoms with E-state index in [2.05, 4.69) is 42.8 Å². The smallest absolute Gasteiger partial charge is 0.122 e. The average molecular weight is 243 g/mol. The van der Waals surface area contributed by atoms with Crippen molar-refractivity contribution in [1.82, 2.24) is 0 Å². The first-order chi connectivity index (χ1) is 6.09. The molecule has 1 nitrogen and oxygen atoms in total. The molecule has 0 N–H and O–H groups in total. The van der Waals surface area contributed by atoms with Crippen LogP contribution in [-0.4, -0.2) is 6.61 Å². The van der Waals surface area contributed by atoms with Gasteiger partial charge in [-0.05, 0) is 36.6 Å². The summed E-state index contributed by atoms with van der Waals surface area (Å²) in [7, 11) is 0. The summed E-state index contributed by atoms with van der Waals surface area (Å²) in [6.45, 7) is 7.13. The van der Waals surface area contributed by atoms with E-state index in [9.17, 15) is 0 Å². The second-order valence-electron chi connectivity index (χ2n) is 3.61. The second-order valence-corrected chi connectivity index (χ2v) is 4.53. The van der Waals surface area contributed by atoms with Gasteiger partial charge in [-0.15, -0.1) is 0 Å². The van der Waals surface area contributed by atoms with Gasteiger partial charge in [0.15, 0.2) is 0 Å². The fourth-order valence-electron chi connectivity index (χ4n) is 1.03. The molecule has 0 amide bonds. The number of rotatable bonds is 3. The number of halogens is 1. The maximum absolute atomic E-state index is 5.63. The summed E-state index contributed by atoms with van der Waals surface area (Å²) in [6.07, 6.45) is 0. The number of hydrogen-bond donors (Lipinski definition) is 0. The Labute approximate surface area is 88.2 Å². The van der Waals surface area contributed by atoms with E-state index in [0.717, 1.165) is 16.8 Å². The molecule has 0 unspecified atom stereocenters. The van der Waals surface area contributed by atoms with Gasteiger partial charge in [-0.1, -0.05) is 29.8 Å². The van der Waals surface area contributed by atoms with E-state index in [1.807, 2.05) is 12.1 Å². The molecular formula is C11H15BrO. The van der Waals surface area contributed by atoms with Gasteiger partial charge in [-0.3, -0.25) is 0 Å². The quantitative estimate of drug-likeness (QED) is 0.784. The van der Waals surface area contributed by atoms with Crippen molar-refractivity contribution < 1.29 is 4.74 Å². The van der Waals surface area contributed by atoms with Gasteiger partial charge in [0.2, 0.25) is 0 Å². The van der Waals surface area contributed by atoms with Crippen LogP contribution in [0.25, 0.3) is 0 Å². The highest BCUT2D eigenvalue weighted by atomic mass is 79.9. The standard InChI is InChI=1S/C11H15BrO/c1-8(2)7-13-11-5-4-10(12)6-9(11)3/h4-6,8H,7H2,1-3H3. The lowest BCUT2D eigenvalue weighted by molar-refractivity contribution is 0.269. The molecule has 2 heteroatoms. The van der Waals surface area contributed by atoms with Crippen molar-refractivity contribution in [3.63, 3.8) is 0 Å². The molecular weight excluding hydrogens is 228 g/mol. The molecule has 0 saturated carbocycles. The van der Waals surface area contributed by atoms with Gasteiger partial charge in [0, 0.05) is 4.47 Å². The van der Waals surface area contributed by atoms with Crippen LogP contribution < -0.4 is 4.74 Å². The van der Waals surface area contributed by atoms with Crippen LogP contribution in [0.1, 0.15) is 19.4 Å². The van der Waals surface area contributed by atoms with Crippen LogP contribution in [0.15, 0.2) is 22.7 Å². The van der Waals surface area contributed by atoms with E-state index in [4.69, 9.17) is 4.74 Å². The average Bonchev–Trinajstić information content (AvgIpc) is 2.02. The predicted octanol–water partition coefficient (Wildman–Crippen LogP) is 3.79. The molecule has 0 aromatic heterocycles. The van der Waals surface area contributed by atoms with Crippen molar-refractivity contribution in [3.05, 3.63) is 28.2 Å². The first kappa shape index (κ1) is 10.6. The first-order valence-electron chi connectivity index (χ1n) is 4.48. The molecule has 1 aromatic carbocycles. The molecule has 72 valence electrons. The summed E-state index contributed by atoms with van der Waals surface area (Å²) in [5, 5.41) is 0. The van der Waals surface area contributed by atoms with Gasteiger partial charge in [0.25, 0.3) is 0 Å². The minimum absolute atomic E-state index is 0.572. The summed E-state index contributed by atoms with van der Waals surface area (Å²) >= 11 is 3.42. The highest BCUT2D eigenvalue weighted by molar-refractivity contribution is 9.10. The van der Waals surface area contributed by atoms with Gasteiger partial charge in [0.1, 0.15) is 5.75 Å². The minimum Gasteiger partial charge on any atom is -0.493 e. The molecule has 1 rings (SSSR count). The Bertz CT molecular complexity index is 281. The van der Waals surface area contributed by atoms with Crippen LogP contribution in [0.2, 0.25) is 0 Å². The molecule has 0 heterocycles. The Kier molecular flexibility index (Phi) is 3.79. The largest absolute Gasteiger partial charge is 0.493 e. The molecule has 0 saturated heterocycles. The lowest BCUT2D eigenvalue weighted by Gasteiger charge is -2.10. The molecule has 0 aliphatic carbocycles. The van der Waals surface area contributed by atoms with Crippen LogP contribution in [0.5, 0.6) is 5.75 Å². The molecule has 0 aliphatic rings. The van der Waals surface area contributed by atoms with E-state index in [-0.39, 0.29) is 0 Å². The Morgan fingerprint density at radius 2 is 2.08 bits per heavy atom. The lowest BCUT2D eigenvalue weighted by atomic mass is 10.2. The Morgan fingerprint density at radius 1 is 1.38 bits per heavy atom. The third kappa shape index (κ3) is 3.39. The summed E-state index contributed by atoms with van der Waals surface area (Å²) in [5.74, 6) is 1.56. The van der Waals surface area contributed by atoms with Crippen molar-refractivity contribution in [2.75, 3.05) is 6.61 Å². The summed E-state index contributed by atoms with van der Waals surface area (Å²) < 4.78 is 6.73. The van der Waals surface area contributed by atoms with E-state index in [0.29, 0.717) is 5.92 Å². The van der Waals surface area contributed by atoms with Crippen molar-refractivity contribution in [2.24, 2.45) is 5.92 Å². The minimum atomic E-state index is 0.572. The zero-order valence-corrected chi connectivity index (χ0v) is 9.89. The van der Waals surface area contributed by atoms with Crippen LogP contribution in [0.3, 0.4) is 0 Å². The fourth-order valence-corrected chi connectivity index (χ4v) is 1.51. The van der Waals surface area contributed by atoms with Crippen LogP contribution in [-0.2, 0) is 0 Å². The molecule has 0 bridgehead atoms. The van der Waals surface area contributed by atoms with E-state index < -0.39 is 0 Å². The van der Waals surface area contributed by atoms with Gasteiger partial charge in [-0.25, -0.2) is 0 Å². The molecule has 0 spiro atoms. The van der Waals surface area contributed by atoms with Crippen molar-refractivity contribution in [3.8, 4) is 5.75 Å². The van der Waals surface area contributed by atoms with Crippen molar-refractivity contribution in [1.29, 1.82) is 0 Å². The number of ether oxygens (including phenoxy) is 1. The molecule has 1 aromatic rings. The topological polar surface area (TPSA) is 9.23 Å². The molecule has 0 atom stereocenters. The van der Waals surface area contributed by atoms with Crippen molar-refractivity contribution >= 4 is 15.9 Å². The van der Waals surface area contributed by atoms with E-state index in [1.54, 1.807) is 0 Å². The Balaban J connectivity index is 2.67. The van der Waals surface area contributed by atoms with Crippen LogP contribution >= 0.6 is 15.9 Å². The number of hydrogen-bond acceptors (Lipinski definition) is 1. The zero-order valence-electron chi connectivity index (χ0n) is 8.30. The lowest BCUT2D eigenvalue weighted by Crippen LogP contribution is -2.05. The van der Waals surface area contributed by atoms with Gasteiger partial charge in [-0.2, -0.15) is 0 Å². The highest BCUT2D eigenvalue weighted by Crippen LogP contribution is 2.22. The normalized spacial score (nSPS) is 10.5. The molecule has 13 heavy (non-hydrogen) atoms. The fraction of sp³-hybridized carbons (Fsp3) is 0.455. The predicted molar refractivity (Wildman–Crippen MR) is 59.2 cm³/mol. The summed E-state index contributed by atoms with van der Waals surface area (Å²) in [6, 6.07) is 6.07. The number of benzene rings is 1.